The molecule has 0 unspecified atom stereocenters. The Bertz CT molecular complexity index is 1350. The van der Waals surface area contributed by atoms with Crippen molar-refractivity contribution in [3.63, 3.8) is 0 Å². The Morgan fingerprint density at radius 2 is 1.55 bits per heavy atom. The molecule has 1 aliphatic rings. The van der Waals surface area contributed by atoms with Crippen molar-refractivity contribution in [2.24, 2.45) is 0 Å². The highest BCUT2D eigenvalue weighted by atomic mass is 32.2. The van der Waals surface area contributed by atoms with E-state index in [9.17, 15) is 13.2 Å². The Balaban J connectivity index is 1.41. The molecule has 0 aliphatic carbocycles. The summed E-state index contributed by atoms with van der Waals surface area (Å²) in [4.78, 5) is 21.1. The van der Waals surface area contributed by atoms with Crippen LogP contribution < -0.4 is 19.1 Å². The lowest BCUT2D eigenvalue weighted by Gasteiger charge is -2.36. The zero-order chi connectivity index (χ0) is 27.1. The molecule has 3 aromatic rings. The van der Waals surface area contributed by atoms with Gasteiger partial charge >= 0.3 is 0 Å². The van der Waals surface area contributed by atoms with Gasteiger partial charge in [-0.2, -0.15) is 0 Å². The summed E-state index contributed by atoms with van der Waals surface area (Å²) in [6.07, 6.45) is 4.52. The number of anilines is 1. The highest BCUT2D eigenvalue weighted by Crippen LogP contribution is 2.29. The van der Waals surface area contributed by atoms with Gasteiger partial charge in [-0.15, -0.1) is 0 Å². The molecule has 1 N–H and O–H groups in total. The molecule has 0 spiro atoms. The summed E-state index contributed by atoms with van der Waals surface area (Å²) >= 11 is 0. The van der Waals surface area contributed by atoms with Gasteiger partial charge in [0.05, 0.1) is 25.7 Å². The summed E-state index contributed by atoms with van der Waals surface area (Å²) in [6, 6.07) is 15.3. The second-order valence-corrected chi connectivity index (χ2v) is 10.9. The van der Waals surface area contributed by atoms with Crippen LogP contribution in [0.5, 0.6) is 11.5 Å². The quantitative estimate of drug-likeness (QED) is 0.418. The number of nitrogens with one attached hydrogen (secondary N) is 1. The molecule has 1 amide bonds. The summed E-state index contributed by atoms with van der Waals surface area (Å²) in [6.45, 7) is 9.35. The number of carbonyl (C=O) groups excluding carboxylic acids is 1. The number of carbonyl (C=O) groups is 1. The first kappa shape index (κ1) is 27.4. The van der Waals surface area contributed by atoms with Crippen LogP contribution >= 0.6 is 0 Å². The first-order valence-corrected chi connectivity index (χ1v) is 14.6. The van der Waals surface area contributed by atoms with Gasteiger partial charge in [0.2, 0.25) is 10.0 Å². The third-order valence-electron chi connectivity index (χ3n) is 6.19. The number of amides is 1. The minimum Gasteiger partial charge on any atom is -0.494 e. The highest BCUT2D eigenvalue weighted by molar-refractivity contribution is 7.89. The monoisotopic (exact) mass is 538 g/mol. The maximum absolute atomic E-state index is 12.1. The van der Waals surface area contributed by atoms with E-state index in [1.807, 2.05) is 49.0 Å². The van der Waals surface area contributed by atoms with E-state index in [2.05, 4.69) is 26.9 Å². The van der Waals surface area contributed by atoms with Gasteiger partial charge in [-0.25, -0.2) is 13.1 Å². The van der Waals surface area contributed by atoms with Crippen LogP contribution in [0.3, 0.4) is 0 Å². The van der Waals surface area contributed by atoms with Gasteiger partial charge in [-0.05, 0) is 73.5 Å². The van der Waals surface area contributed by atoms with Crippen LogP contribution in [0.1, 0.15) is 29.8 Å². The zero-order valence-corrected chi connectivity index (χ0v) is 22.8. The van der Waals surface area contributed by atoms with Crippen molar-refractivity contribution < 1.29 is 22.7 Å². The van der Waals surface area contributed by atoms with Crippen molar-refractivity contribution in [1.29, 1.82) is 0 Å². The molecule has 1 aliphatic heterocycles. The molecule has 1 saturated heterocycles. The maximum atomic E-state index is 12.1. The topological polar surface area (TPSA) is 101 Å². The smallest absolute Gasteiger partial charge is 0.264 e. The van der Waals surface area contributed by atoms with Gasteiger partial charge in [0, 0.05) is 55.7 Å². The molecule has 38 heavy (non-hydrogen) atoms. The van der Waals surface area contributed by atoms with Crippen LogP contribution in [0.4, 0.5) is 5.69 Å². The molecule has 1 aromatic heterocycles. The first-order chi connectivity index (χ1) is 18.2. The van der Waals surface area contributed by atoms with Crippen molar-refractivity contribution in [1.82, 2.24) is 14.6 Å². The van der Waals surface area contributed by atoms with Crippen molar-refractivity contribution in [2.45, 2.75) is 20.4 Å². The van der Waals surface area contributed by atoms with Crippen molar-refractivity contribution >= 4 is 21.6 Å². The van der Waals surface area contributed by atoms with E-state index in [0.29, 0.717) is 18.8 Å². The molecule has 10 heteroatoms. The molecular formula is C28H34N4O5S. The van der Waals surface area contributed by atoms with Crippen LogP contribution in [0.15, 0.2) is 60.9 Å². The van der Waals surface area contributed by atoms with Gasteiger partial charge in [0.15, 0.2) is 0 Å². The molecule has 202 valence electrons. The fourth-order valence-corrected chi connectivity index (χ4v) is 4.92. The van der Waals surface area contributed by atoms with Gasteiger partial charge in [0.1, 0.15) is 11.5 Å². The van der Waals surface area contributed by atoms with E-state index < -0.39 is 15.9 Å². The molecule has 2 heterocycles. The second-order valence-electron chi connectivity index (χ2n) is 9.15. The van der Waals surface area contributed by atoms with E-state index in [1.165, 1.54) is 5.56 Å². The number of aromatic nitrogens is 1. The molecule has 0 saturated carbocycles. The highest BCUT2D eigenvalue weighted by Gasteiger charge is 2.19. The van der Waals surface area contributed by atoms with Gasteiger partial charge in [0.25, 0.3) is 5.91 Å². The van der Waals surface area contributed by atoms with E-state index >= 15 is 0 Å². The summed E-state index contributed by atoms with van der Waals surface area (Å²) in [5, 5.41) is 0. The number of benzene rings is 2. The van der Waals surface area contributed by atoms with Crippen LogP contribution in [0, 0.1) is 0 Å². The Kier molecular flexibility index (Phi) is 8.85. The van der Waals surface area contributed by atoms with E-state index in [4.69, 9.17) is 9.47 Å². The van der Waals surface area contributed by atoms with Crippen LogP contribution in [0.25, 0.3) is 11.1 Å². The summed E-state index contributed by atoms with van der Waals surface area (Å²) in [5.41, 5.74) is 4.51. The van der Waals surface area contributed by atoms with Gasteiger partial charge in [-0.3, -0.25) is 14.7 Å². The summed E-state index contributed by atoms with van der Waals surface area (Å²) < 4.78 is 36.1. The average Bonchev–Trinajstić information content (AvgIpc) is 2.89. The van der Waals surface area contributed by atoms with Crippen LogP contribution in [-0.4, -0.2) is 69.9 Å². The Morgan fingerprint density at radius 1 is 0.895 bits per heavy atom. The Labute approximate surface area is 224 Å². The molecule has 0 atom stereocenters. The maximum Gasteiger partial charge on any atom is 0.264 e. The number of pyridine rings is 1. The molecule has 0 radical (unpaired) electrons. The van der Waals surface area contributed by atoms with E-state index in [0.717, 1.165) is 67.3 Å². The van der Waals surface area contributed by atoms with Crippen molar-refractivity contribution in [3.05, 3.63) is 72.1 Å². The minimum atomic E-state index is -3.60. The lowest BCUT2D eigenvalue weighted by atomic mass is 10.0. The Hall–Kier alpha value is -3.63. The van der Waals surface area contributed by atoms with Crippen molar-refractivity contribution in [2.75, 3.05) is 50.5 Å². The predicted molar refractivity (Wildman–Crippen MR) is 148 cm³/mol. The van der Waals surface area contributed by atoms with Crippen LogP contribution in [0.2, 0.25) is 0 Å². The summed E-state index contributed by atoms with van der Waals surface area (Å²) in [5.74, 6) is 0.951. The lowest BCUT2D eigenvalue weighted by Crippen LogP contribution is -2.46. The SMILES string of the molecule is CCOc1cncc(-c2cc(CN3CCN(c4ccc(C(=O)NS(C)(=O)=O)cc4)CC3)cc(OCC)c2)c1. The molecule has 9 nitrogen and oxygen atoms in total. The molecule has 4 rings (SSSR count). The average molecular weight is 539 g/mol. The molecule has 0 bridgehead atoms. The second kappa shape index (κ2) is 12.3. The zero-order valence-electron chi connectivity index (χ0n) is 22.0. The first-order valence-electron chi connectivity index (χ1n) is 12.7. The third kappa shape index (κ3) is 7.45. The van der Waals surface area contributed by atoms with E-state index in [1.54, 1.807) is 18.3 Å². The van der Waals surface area contributed by atoms with Gasteiger partial charge < -0.3 is 14.4 Å². The number of piperazine rings is 1. The van der Waals surface area contributed by atoms with Crippen molar-refractivity contribution in [3.8, 4) is 22.6 Å². The predicted octanol–water partition coefficient (Wildman–Crippen LogP) is 3.56. The number of hydrogen-bond acceptors (Lipinski definition) is 8. The molecular weight excluding hydrogens is 504 g/mol. The number of hydrogen-bond donors (Lipinski definition) is 1. The number of rotatable bonds is 10. The summed E-state index contributed by atoms with van der Waals surface area (Å²) in [7, 11) is -3.60. The largest absolute Gasteiger partial charge is 0.494 e. The van der Waals surface area contributed by atoms with Gasteiger partial charge in [-0.1, -0.05) is 0 Å². The van der Waals surface area contributed by atoms with Crippen LogP contribution in [-0.2, 0) is 16.6 Å². The fraction of sp³-hybridized carbons (Fsp3) is 0.357. The number of ether oxygens (including phenoxy) is 2. The minimum absolute atomic E-state index is 0.310. The standard InChI is InChI=1S/C28H34N4O5S/c1-4-36-26-15-21(14-23(16-26)24-17-27(37-5-2)19-29-18-24)20-31-10-12-32(13-11-31)25-8-6-22(7-9-25)28(33)30-38(3,34)35/h6-9,14-19H,4-5,10-13,20H2,1-3H3,(H,30,33). The Morgan fingerprint density at radius 3 is 2.21 bits per heavy atom. The fourth-order valence-electron chi connectivity index (χ4n) is 4.46. The number of sulfonamides is 1. The third-order valence-corrected chi connectivity index (χ3v) is 6.74. The number of nitrogens with zero attached hydrogens (tertiary/aromatic N) is 3. The molecule has 1 fully saturated rings. The molecule has 2 aromatic carbocycles. The lowest BCUT2D eigenvalue weighted by molar-refractivity contribution is 0.0981. The normalized spacial score (nSPS) is 14.2. The van der Waals surface area contributed by atoms with E-state index in [-0.39, 0.29) is 0 Å².